The molecule has 58 valence electrons. The molecule has 1 nitrogen and oxygen atoms in total. The Morgan fingerprint density at radius 1 is 1.50 bits per heavy atom. The van der Waals surface area contributed by atoms with Gasteiger partial charge in [0.05, 0.1) is 0 Å². The molecule has 0 unspecified atom stereocenters. The van der Waals surface area contributed by atoms with Crippen LogP contribution in [0.4, 0.5) is 0 Å². The zero-order chi connectivity index (χ0) is 7.98. The zero-order valence-electron chi connectivity index (χ0n) is 7.22. The van der Waals surface area contributed by atoms with Crippen LogP contribution in [0.25, 0.3) is 0 Å². The van der Waals surface area contributed by atoms with Crippen molar-refractivity contribution in [3.05, 3.63) is 0 Å². The minimum atomic E-state index is 0.579. The third-order valence-electron chi connectivity index (χ3n) is 1.71. The summed E-state index contributed by atoms with van der Waals surface area (Å²) in [5, 5.41) is 0. The second-order valence-electron chi connectivity index (χ2n) is 2.81. The van der Waals surface area contributed by atoms with Gasteiger partial charge in [-0.1, -0.05) is 13.3 Å². The summed E-state index contributed by atoms with van der Waals surface area (Å²) >= 11 is 0. The van der Waals surface area contributed by atoms with E-state index in [1.165, 1.54) is 12.8 Å². The molecule has 0 aliphatic rings. The van der Waals surface area contributed by atoms with Crippen LogP contribution in [0.15, 0.2) is 0 Å². The number of hydrogen-bond donors (Lipinski definition) is 0. The molecule has 0 bridgehead atoms. The van der Waals surface area contributed by atoms with E-state index in [1.807, 2.05) is 0 Å². The first kappa shape index (κ1) is 9.52. The van der Waals surface area contributed by atoms with E-state index in [0.29, 0.717) is 6.04 Å². The predicted molar refractivity (Wildman–Crippen MR) is 45.8 cm³/mol. The molecule has 0 aromatic rings. The van der Waals surface area contributed by atoms with E-state index < -0.39 is 0 Å². The van der Waals surface area contributed by atoms with Gasteiger partial charge in [0.25, 0.3) is 0 Å². The average Bonchev–Trinajstić information content (AvgIpc) is 1.87. The molecule has 0 aromatic heterocycles. The average molecular weight is 139 g/mol. The molecule has 0 N–H and O–H groups in total. The third-order valence-corrected chi connectivity index (χ3v) is 1.71. The fraction of sp³-hybridized carbons (Fsp3) is 0.778. The van der Waals surface area contributed by atoms with Crippen LogP contribution >= 0.6 is 0 Å². The fourth-order valence-electron chi connectivity index (χ4n) is 1.01. The maximum Gasteiger partial charge on any atom is 0.0242 e. The van der Waals surface area contributed by atoms with E-state index in [9.17, 15) is 0 Å². The Bertz CT molecular complexity index is 110. The number of rotatable bonds is 4. The van der Waals surface area contributed by atoms with Crippen molar-refractivity contribution >= 4 is 0 Å². The van der Waals surface area contributed by atoms with Crippen molar-refractivity contribution in [3.8, 4) is 12.3 Å². The first-order valence-corrected chi connectivity index (χ1v) is 3.82. The van der Waals surface area contributed by atoms with Crippen LogP contribution in [0.5, 0.6) is 0 Å². The Morgan fingerprint density at radius 2 is 2.10 bits per heavy atom. The van der Waals surface area contributed by atoms with Crippen molar-refractivity contribution in [2.24, 2.45) is 0 Å². The molecule has 0 amide bonds. The van der Waals surface area contributed by atoms with Crippen molar-refractivity contribution < 1.29 is 0 Å². The van der Waals surface area contributed by atoms with Gasteiger partial charge in [0, 0.05) is 12.5 Å². The van der Waals surface area contributed by atoms with Gasteiger partial charge in [-0.3, -0.25) is 0 Å². The van der Waals surface area contributed by atoms with Gasteiger partial charge < -0.3 is 4.90 Å². The van der Waals surface area contributed by atoms with Crippen LogP contribution in [-0.2, 0) is 0 Å². The number of nitrogens with zero attached hydrogens (tertiary/aromatic N) is 1. The molecular weight excluding hydrogens is 122 g/mol. The van der Waals surface area contributed by atoms with Gasteiger partial charge in [-0.15, -0.1) is 12.3 Å². The van der Waals surface area contributed by atoms with Crippen LogP contribution < -0.4 is 0 Å². The van der Waals surface area contributed by atoms with E-state index in [-0.39, 0.29) is 0 Å². The van der Waals surface area contributed by atoms with Gasteiger partial charge in [0.2, 0.25) is 0 Å². The largest absolute Gasteiger partial charge is 0.306 e. The zero-order valence-corrected chi connectivity index (χ0v) is 7.22. The van der Waals surface area contributed by atoms with E-state index >= 15 is 0 Å². The molecule has 0 radical (unpaired) electrons. The summed E-state index contributed by atoms with van der Waals surface area (Å²) < 4.78 is 0. The number of terminal acetylenes is 1. The molecule has 0 heterocycles. The lowest BCUT2D eigenvalue weighted by atomic mass is 10.1. The van der Waals surface area contributed by atoms with E-state index in [1.54, 1.807) is 0 Å². The minimum Gasteiger partial charge on any atom is -0.306 e. The Balaban J connectivity index is 3.63. The lowest BCUT2D eigenvalue weighted by Gasteiger charge is -2.21. The highest BCUT2D eigenvalue weighted by molar-refractivity contribution is 4.89. The molecule has 0 saturated carbocycles. The topological polar surface area (TPSA) is 3.24 Å². The molecule has 0 fully saturated rings. The van der Waals surface area contributed by atoms with Crippen molar-refractivity contribution in [2.45, 2.75) is 32.2 Å². The summed E-state index contributed by atoms with van der Waals surface area (Å²) in [5.41, 5.74) is 0. The van der Waals surface area contributed by atoms with E-state index in [2.05, 4.69) is 31.8 Å². The van der Waals surface area contributed by atoms with Crippen LogP contribution in [0.2, 0.25) is 0 Å². The van der Waals surface area contributed by atoms with Crippen LogP contribution in [0.3, 0.4) is 0 Å². The second kappa shape index (κ2) is 5.32. The quantitative estimate of drug-likeness (QED) is 0.536. The second-order valence-corrected chi connectivity index (χ2v) is 2.81. The Labute approximate surface area is 64.4 Å². The van der Waals surface area contributed by atoms with Crippen LogP contribution in [0, 0.1) is 12.3 Å². The summed E-state index contributed by atoms with van der Waals surface area (Å²) in [7, 11) is 4.16. The Kier molecular flexibility index (Phi) is 5.06. The lowest BCUT2D eigenvalue weighted by Crippen LogP contribution is -2.27. The van der Waals surface area contributed by atoms with Gasteiger partial charge in [0.15, 0.2) is 0 Å². The third kappa shape index (κ3) is 3.53. The highest BCUT2D eigenvalue weighted by Crippen LogP contribution is 2.05. The van der Waals surface area contributed by atoms with Crippen molar-refractivity contribution in [2.75, 3.05) is 14.1 Å². The summed E-state index contributed by atoms with van der Waals surface area (Å²) in [5.74, 6) is 2.69. The first-order chi connectivity index (χ1) is 4.72. The first-order valence-electron chi connectivity index (χ1n) is 3.82. The lowest BCUT2D eigenvalue weighted by molar-refractivity contribution is 0.281. The molecule has 10 heavy (non-hydrogen) atoms. The van der Waals surface area contributed by atoms with Crippen LogP contribution in [-0.4, -0.2) is 25.0 Å². The van der Waals surface area contributed by atoms with Gasteiger partial charge in [-0.05, 0) is 20.5 Å². The van der Waals surface area contributed by atoms with Gasteiger partial charge in [0.1, 0.15) is 0 Å². The molecular formula is C9H17N. The normalized spacial score (nSPS) is 13.1. The summed E-state index contributed by atoms with van der Waals surface area (Å²) in [6.07, 6.45) is 8.52. The molecule has 0 aliphatic carbocycles. The Morgan fingerprint density at radius 3 is 2.40 bits per heavy atom. The molecule has 0 aromatic carbocycles. The van der Waals surface area contributed by atoms with Crippen molar-refractivity contribution in [3.63, 3.8) is 0 Å². The maximum absolute atomic E-state index is 5.22. The molecule has 0 saturated heterocycles. The Hall–Kier alpha value is -0.480. The maximum atomic E-state index is 5.22. The molecule has 0 spiro atoms. The molecule has 0 rings (SSSR count). The predicted octanol–water partition coefficient (Wildman–Crippen LogP) is 1.74. The van der Waals surface area contributed by atoms with E-state index in [4.69, 9.17) is 6.42 Å². The van der Waals surface area contributed by atoms with Crippen molar-refractivity contribution in [1.29, 1.82) is 0 Å². The monoisotopic (exact) mass is 139 g/mol. The van der Waals surface area contributed by atoms with Gasteiger partial charge >= 0.3 is 0 Å². The summed E-state index contributed by atoms with van der Waals surface area (Å²) in [6.45, 7) is 2.19. The highest BCUT2D eigenvalue weighted by Gasteiger charge is 2.06. The van der Waals surface area contributed by atoms with Crippen molar-refractivity contribution in [1.82, 2.24) is 4.90 Å². The minimum absolute atomic E-state index is 0.579. The SMILES string of the molecule is C#CC[C@H](CCC)N(C)C. The van der Waals surface area contributed by atoms with Gasteiger partial charge in [-0.2, -0.15) is 0 Å². The smallest absolute Gasteiger partial charge is 0.0242 e. The van der Waals surface area contributed by atoms with Crippen LogP contribution in [0.1, 0.15) is 26.2 Å². The molecule has 1 heteroatoms. The van der Waals surface area contributed by atoms with Gasteiger partial charge in [-0.25, -0.2) is 0 Å². The fourth-order valence-corrected chi connectivity index (χ4v) is 1.01. The highest BCUT2D eigenvalue weighted by atomic mass is 15.1. The van der Waals surface area contributed by atoms with E-state index in [0.717, 1.165) is 6.42 Å². The molecule has 1 atom stereocenters. The summed E-state index contributed by atoms with van der Waals surface area (Å²) in [4.78, 5) is 2.20. The summed E-state index contributed by atoms with van der Waals surface area (Å²) in [6, 6.07) is 0.579. The number of hydrogen-bond acceptors (Lipinski definition) is 1. The molecule has 0 aliphatic heterocycles. The standard InChI is InChI=1S/C9H17N/c1-5-7-9(8-6-2)10(3)4/h1,9H,6-8H2,2-4H3/t9-/m1/s1.